The van der Waals surface area contributed by atoms with Crippen molar-refractivity contribution in [3.63, 3.8) is 0 Å². The number of esters is 1. The maximum atomic E-state index is 13.8. The van der Waals surface area contributed by atoms with Crippen LogP contribution >= 0.6 is 11.3 Å². The Hall–Kier alpha value is -3.16. The summed E-state index contributed by atoms with van der Waals surface area (Å²) in [6.45, 7) is 1.74. The summed E-state index contributed by atoms with van der Waals surface area (Å²) in [5, 5.41) is 1.54. The number of rotatable bonds is 5. The predicted octanol–water partition coefficient (Wildman–Crippen LogP) is 5.52. The van der Waals surface area contributed by atoms with Crippen molar-refractivity contribution >= 4 is 48.1 Å². The van der Waals surface area contributed by atoms with Crippen LogP contribution in [0.5, 0.6) is 0 Å². The third-order valence-corrected chi connectivity index (χ3v) is 7.71. The minimum atomic E-state index is -4.00. The molecule has 0 atom stereocenters. The summed E-state index contributed by atoms with van der Waals surface area (Å²) in [4.78, 5) is 12.1. The van der Waals surface area contributed by atoms with Crippen molar-refractivity contribution in [2.45, 2.75) is 11.8 Å². The van der Waals surface area contributed by atoms with E-state index in [1.807, 2.05) is 36.4 Å². The van der Waals surface area contributed by atoms with Crippen LogP contribution in [0.15, 0.2) is 83.8 Å². The molecule has 0 unspecified atom stereocenters. The number of carbonyl (C=O) groups excluding carboxylic acids is 1. The average Bonchev–Trinajstić information content (AvgIpc) is 3.17. The number of thiophene rings is 1. The molecule has 0 amide bonds. The molecule has 0 fully saturated rings. The lowest BCUT2D eigenvalue weighted by molar-refractivity contribution is 0.0599. The number of methoxy groups -OCH3 is 1. The van der Waals surface area contributed by atoms with Crippen molar-refractivity contribution in [1.82, 2.24) is 0 Å². The molecule has 0 saturated carbocycles. The van der Waals surface area contributed by atoms with E-state index in [9.17, 15) is 13.2 Å². The Bertz CT molecular complexity index is 1290. The lowest BCUT2D eigenvalue weighted by Crippen LogP contribution is -2.26. The molecule has 4 rings (SSSR count). The van der Waals surface area contributed by atoms with Gasteiger partial charge in [-0.3, -0.25) is 0 Å². The zero-order chi connectivity index (χ0) is 21.3. The van der Waals surface area contributed by atoms with Gasteiger partial charge < -0.3 is 4.74 Å². The molecule has 30 heavy (non-hydrogen) atoms. The van der Waals surface area contributed by atoms with Crippen molar-refractivity contribution in [3.8, 4) is 0 Å². The van der Waals surface area contributed by atoms with E-state index in [0.717, 1.165) is 10.1 Å². The van der Waals surface area contributed by atoms with Gasteiger partial charge in [0.05, 0.1) is 23.3 Å². The first-order valence-electron chi connectivity index (χ1n) is 9.20. The fraction of sp³-hybridized carbons (Fsp3) is 0.0870. The van der Waals surface area contributed by atoms with Crippen LogP contribution < -0.4 is 4.31 Å². The second-order valence-corrected chi connectivity index (χ2v) is 9.54. The largest absolute Gasteiger partial charge is 0.465 e. The molecule has 152 valence electrons. The van der Waals surface area contributed by atoms with Gasteiger partial charge in [-0.1, -0.05) is 42.5 Å². The van der Waals surface area contributed by atoms with Gasteiger partial charge >= 0.3 is 5.97 Å². The molecular weight excluding hydrogens is 418 g/mol. The van der Waals surface area contributed by atoms with Crippen molar-refractivity contribution in [2.24, 2.45) is 0 Å². The number of nitrogens with zero attached hydrogens (tertiary/aromatic N) is 1. The van der Waals surface area contributed by atoms with Crippen LogP contribution in [0.25, 0.3) is 10.1 Å². The first-order chi connectivity index (χ1) is 14.4. The van der Waals surface area contributed by atoms with Crippen molar-refractivity contribution in [1.29, 1.82) is 0 Å². The van der Waals surface area contributed by atoms with Crippen LogP contribution in [0, 0.1) is 6.92 Å². The highest BCUT2D eigenvalue weighted by Gasteiger charge is 2.29. The summed E-state index contributed by atoms with van der Waals surface area (Å²) >= 11 is 1.40. The zero-order valence-corrected chi connectivity index (χ0v) is 18.0. The fourth-order valence-corrected chi connectivity index (χ4v) is 6.02. The second kappa shape index (κ2) is 7.93. The molecule has 0 aliphatic heterocycles. The minimum Gasteiger partial charge on any atom is -0.465 e. The maximum absolute atomic E-state index is 13.8. The molecule has 1 aromatic heterocycles. The number of hydrogen-bond acceptors (Lipinski definition) is 5. The summed E-state index contributed by atoms with van der Waals surface area (Å²) in [5.74, 6) is -0.572. The number of hydrogen-bond donors (Lipinski definition) is 0. The Labute approximate surface area is 179 Å². The molecular formula is C23H19NO4S2. The van der Waals surface area contributed by atoms with Gasteiger partial charge in [-0.2, -0.15) is 0 Å². The topological polar surface area (TPSA) is 63.7 Å². The van der Waals surface area contributed by atoms with Gasteiger partial charge in [-0.05, 0) is 54.3 Å². The summed E-state index contributed by atoms with van der Waals surface area (Å²) in [7, 11) is -2.73. The Kier molecular flexibility index (Phi) is 5.32. The van der Waals surface area contributed by atoms with Gasteiger partial charge in [-0.25, -0.2) is 17.5 Å². The normalized spacial score (nSPS) is 11.4. The first-order valence-corrected chi connectivity index (χ1v) is 11.5. The van der Waals surface area contributed by atoms with E-state index in [-0.39, 0.29) is 10.5 Å². The van der Waals surface area contributed by atoms with Crippen molar-refractivity contribution < 1.29 is 17.9 Å². The van der Waals surface area contributed by atoms with Crippen molar-refractivity contribution in [3.05, 3.63) is 90.0 Å². The molecule has 0 saturated heterocycles. The van der Waals surface area contributed by atoms with Crippen LogP contribution in [0.3, 0.4) is 0 Å². The van der Waals surface area contributed by atoms with Gasteiger partial charge in [-0.15, -0.1) is 11.3 Å². The Morgan fingerprint density at radius 3 is 2.33 bits per heavy atom. The molecule has 3 aromatic carbocycles. The Morgan fingerprint density at radius 2 is 1.63 bits per heavy atom. The molecule has 7 heteroatoms. The van der Waals surface area contributed by atoms with E-state index in [1.165, 1.54) is 34.9 Å². The van der Waals surface area contributed by atoms with E-state index in [0.29, 0.717) is 16.3 Å². The SMILES string of the molecule is COC(=O)c1cc(S(=O)(=O)N(c2ccccc2)c2cc3ccccc3s2)ccc1C. The van der Waals surface area contributed by atoms with Gasteiger partial charge in [0.2, 0.25) is 0 Å². The van der Waals surface area contributed by atoms with Crippen LogP contribution in [0.4, 0.5) is 10.7 Å². The number of fused-ring (bicyclic) bond motifs is 1. The number of benzene rings is 3. The number of anilines is 2. The molecule has 0 aliphatic rings. The molecule has 0 N–H and O–H groups in total. The molecule has 5 nitrogen and oxygen atoms in total. The number of para-hydroxylation sites is 1. The highest BCUT2D eigenvalue weighted by atomic mass is 32.2. The van der Waals surface area contributed by atoms with Crippen LogP contribution in [-0.2, 0) is 14.8 Å². The summed E-state index contributed by atoms with van der Waals surface area (Å²) in [5.41, 5.74) is 1.39. The number of aryl methyl sites for hydroxylation is 1. The number of carbonyl (C=O) groups is 1. The lowest BCUT2D eigenvalue weighted by Gasteiger charge is -2.23. The number of ether oxygens (including phenoxy) is 1. The zero-order valence-electron chi connectivity index (χ0n) is 16.4. The first kappa shape index (κ1) is 20.1. The van der Waals surface area contributed by atoms with Gasteiger partial charge in [0.1, 0.15) is 5.00 Å². The third kappa shape index (κ3) is 3.58. The quantitative estimate of drug-likeness (QED) is 0.386. The summed E-state index contributed by atoms with van der Waals surface area (Å²) < 4.78 is 34.7. The molecule has 4 aromatic rings. The van der Waals surface area contributed by atoms with Crippen LogP contribution in [0.2, 0.25) is 0 Å². The standard InChI is InChI=1S/C23H19NO4S2/c1-16-12-13-19(15-20(16)23(25)28-2)30(26,27)24(18-9-4-3-5-10-18)22-14-17-8-6-7-11-21(17)29-22/h3-15H,1-2H3. The van der Waals surface area contributed by atoms with Gasteiger partial charge in [0.25, 0.3) is 10.0 Å². The summed E-state index contributed by atoms with van der Waals surface area (Å²) in [6.07, 6.45) is 0. The van der Waals surface area contributed by atoms with E-state index >= 15 is 0 Å². The maximum Gasteiger partial charge on any atom is 0.338 e. The van der Waals surface area contributed by atoms with Gasteiger partial charge in [0, 0.05) is 4.70 Å². The van der Waals surface area contributed by atoms with Crippen LogP contribution in [-0.4, -0.2) is 21.5 Å². The fourth-order valence-electron chi connectivity index (χ4n) is 3.21. The Morgan fingerprint density at radius 1 is 0.933 bits per heavy atom. The lowest BCUT2D eigenvalue weighted by atomic mass is 10.1. The number of sulfonamides is 1. The summed E-state index contributed by atoms with van der Waals surface area (Å²) in [6, 6.07) is 23.0. The van der Waals surface area contributed by atoms with E-state index in [4.69, 9.17) is 4.74 Å². The smallest absolute Gasteiger partial charge is 0.338 e. The average molecular weight is 438 g/mol. The Balaban J connectivity index is 1.92. The molecule has 1 heterocycles. The molecule has 0 spiro atoms. The highest BCUT2D eigenvalue weighted by Crippen LogP contribution is 2.40. The van der Waals surface area contributed by atoms with Gasteiger partial charge in [0.15, 0.2) is 0 Å². The van der Waals surface area contributed by atoms with E-state index in [1.54, 1.807) is 37.3 Å². The highest BCUT2D eigenvalue weighted by molar-refractivity contribution is 7.93. The van der Waals surface area contributed by atoms with E-state index < -0.39 is 16.0 Å². The third-order valence-electron chi connectivity index (χ3n) is 4.76. The predicted molar refractivity (Wildman–Crippen MR) is 120 cm³/mol. The monoisotopic (exact) mass is 437 g/mol. The minimum absolute atomic E-state index is 0.0230. The van der Waals surface area contributed by atoms with Crippen LogP contribution in [0.1, 0.15) is 15.9 Å². The second-order valence-electron chi connectivity index (χ2n) is 6.70. The molecule has 0 aliphatic carbocycles. The molecule has 0 bridgehead atoms. The molecule has 0 radical (unpaired) electrons. The van der Waals surface area contributed by atoms with Crippen molar-refractivity contribution in [2.75, 3.05) is 11.4 Å². The van der Waals surface area contributed by atoms with E-state index in [2.05, 4.69) is 0 Å².